The summed E-state index contributed by atoms with van der Waals surface area (Å²) in [6, 6.07) is 9.20. The first-order valence-corrected chi connectivity index (χ1v) is 7.46. The summed E-state index contributed by atoms with van der Waals surface area (Å²) in [4.78, 5) is 11.8. The molecule has 0 saturated heterocycles. The molecular weight excluding hydrogens is 326 g/mol. The molecule has 2 rings (SSSR count). The van der Waals surface area contributed by atoms with Crippen LogP contribution in [0.15, 0.2) is 36.4 Å². The molecule has 116 valence electrons. The Morgan fingerprint density at radius 3 is 2.64 bits per heavy atom. The molecule has 0 aliphatic carbocycles. The second kappa shape index (κ2) is 7.47. The second-order valence-electron chi connectivity index (χ2n) is 4.84. The standard InChI is InChI=1S/C16H15Cl2FN2O/c1-10-2-4-12(19)9-15(10)21-16(22)20-7-6-11-3-5-13(17)14(18)8-11/h2-5,8-9H,6-7H2,1H3,(H2,20,21,22). The maximum atomic E-state index is 13.1. The van der Waals surface area contributed by atoms with E-state index < -0.39 is 5.82 Å². The fourth-order valence-electron chi connectivity index (χ4n) is 1.91. The largest absolute Gasteiger partial charge is 0.338 e. The SMILES string of the molecule is Cc1ccc(F)cc1NC(=O)NCCc1ccc(Cl)c(Cl)c1. The van der Waals surface area contributed by atoms with Gasteiger partial charge in [-0.1, -0.05) is 35.3 Å². The van der Waals surface area contributed by atoms with E-state index in [1.54, 1.807) is 25.1 Å². The smallest absolute Gasteiger partial charge is 0.319 e. The van der Waals surface area contributed by atoms with Crippen LogP contribution in [0, 0.1) is 12.7 Å². The average molecular weight is 341 g/mol. The first kappa shape index (κ1) is 16.6. The summed E-state index contributed by atoms with van der Waals surface area (Å²) in [5.41, 5.74) is 2.21. The Labute approximate surface area is 138 Å². The van der Waals surface area contributed by atoms with Crippen LogP contribution in [0.3, 0.4) is 0 Å². The first-order chi connectivity index (χ1) is 10.5. The van der Waals surface area contributed by atoms with Gasteiger partial charge >= 0.3 is 6.03 Å². The Kier molecular flexibility index (Phi) is 5.63. The van der Waals surface area contributed by atoms with Crippen molar-refractivity contribution in [2.24, 2.45) is 0 Å². The first-order valence-electron chi connectivity index (χ1n) is 6.70. The molecule has 3 nitrogen and oxygen atoms in total. The summed E-state index contributed by atoms with van der Waals surface area (Å²) in [7, 11) is 0. The molecule has 0 spiro atoms. The third-order valence-corrected chi connectivity index (χ3v) is 3.87. The Morgan fingerprint density at radius 1 is 1.14 bits per heavy atom. The molecule has 2 aromatic carbocycles. The molecule has 2 aromatic rings. The van der Waals surface area contributed by atoms with Crippen molar-refractivity contribution in [3.8, 4) is 0 Å². The van der Waals surface area contributed by atoms with Crippen LogP contribution in [-0.2, 0) is 6.42 Å². The zero-order valence-corrected chi connectivity index (χ0v) is 13.4. The van der Waals surface area contributed by atoms with Gasteiger partial charge in [-0.25, -0.2) is 9.18 Å². The molecule has 6 heteroatoms. The van der Waals surface area contributed by atoms with Crippen molar-refractivity contribution in [1.29, 1.82) is 0 Å². The van der Waals surface area contributed by atoms with Gasteiger partial charge in [0.25, 0.3) is 0 Å². The predicted octanol–water partition coefficient (Wildman–Crippen LogP) is 4.81. The van der Waals surface area contributed by atoms with Gasteiger partial charge in [0.05, 0.1) is 10.0 Å². The number of hydrogen-bond acceptors (Lipinski definition) is 1. The van der Waals surface area contributed by atoms with E-state index in [4.69, 9.17) is 23.2 Å². The number of halogens is 3. The molecule has 0 atom stereocenters. The molecule has 2 amide bonds. The number of benzene rings is 2. The number of hydrogen-bond donors (Lipinski definition) is 2. The van der Waals surface area contributed by atoms with Crippen LogP contribution in [0.5, 0.6) is 0 Å². The Hall–Kier alpha value is -1.78. The summed E-state index contributed by atoms with van der Waals surface area (Å²) < 4.78 is 13.1. The maximum absolute atomic E-state index is 13.1. The quantitative estimate of drug-likeness (QED) is 0.824. The van der Waals surface area contributed by atoms with Crippen LogP contribution in [0.25, 0.3) is 0 Å². The van der Waals surface area contributed by atoms with E-state index in [0.717, 1.165) is 11.1 Å². The van der Waals surface area contributed by atoms with E-state index in [2.05, 4.69) is 10.6 Å². The van der Waals surface area contributed by atoms with E-state index in [0.29, 0.717) is 28.7 Å². The minimum Gasteiger partial charge on any atom is -0.338 e. The summed E-state index contributed by atoms with van der Waals surface area (Å²) in [5.74, 6) is -0.392. The van der Waals surface area contributed by atoms with Crippen LogP contribution in [0.2, 0.25) is 10.0 Å². The summed E-state index contributed by atoms with van der Waals surface area (Å²) in [6.07, 6.45) is 0.618. The molecule has 0 aliphatic heterocycles. The van der Waals surface area contributed by atoms with E-state index in [9.17, 15) is 9.18 Å². The van der Waals surface area contributed by atoms with Gasteiger partial charge in [-0.3, -0.25) is 0 Å². The van der Waals surface area contributed by atoms with Gasteiger partial charge in [0.2, 0.25) is 0 Å². The summed E-state index contributed by atoms with van der Waals surface area (Å²) >= 11 is 11.8. The Bertz CT molecular complexity index is 692. The van der Waals surface area contributed by atoms with Gasteiger partial charge < -0.3 is 10.6 Å². The molecule has 0 heterocycles. The lowest BCUT2D eigenvalue weighted by Crippen LogP contribution is -2.30. The van der Waals surface area contributed by atoms with Gasteiger partial charge in [0.1, 0.15) is 5.82 Å². The molecule has 0 radical (unpaired) electrons. The number of urea groups is 1. The lowest BCUT2D eigenvalue weighted by Gasteiger charge is -2.10. The lowest BCUT2D eigenvalue weighted by atomic mass is 10.1. The van der Waals surface area contributed by atoms with Gasteiger partial charge in [0.15, 0.2) is 0 Å². The zero-order valence-electron chi connectivity index (χ0n) is 11.9. The van der Waals surface area contributed by atoms with Crippen molar-refractivity contribution in [2.45, 2.75) is 13.3 Å². The van der Waals surface area contributed by atoms with E-state index >= 15 is 0 Å². The third kappa shape index (κ3) is 4.61. The van der Waals surface area contributed by atoms with Crippen molar-refractivity contribution in [3.05, 3.63) is 63.4 Å². The Balaban J connectivity index is 1.85. The monoisotopic (exact) mass is 340 g/mol. The highest BCUT2D eigenvalue weighted by molar-refractivity contribution is 6.42. The number of carbonyl (C=O) groups excluding carboxylic acids is 1. The molecule has 22 heavy (non-hydrogen) atoms. The van der Waals surface area contributed by atoms with Crippen molar-refractivity contribution in [1.82, 2.24) is 5.32 Å². The van der Waals surface area contributed by atoms with Crippen LogP contribution >= 0.6 is 23.2 Å². The molecule has 0 bridgehead atoms. The fourth-order valence-corrected chi connectivity index (χ4v) is 2.23. The van der Waals surface area contributed by atoms with Gasteiger partial charge in [-0.05, 0) is 48.7 Å². The fraction of sp³-hybridized carbons (Fsp3) is 0.188. The molecule has 2 N–H and O–H groups in total. The van der Waals surface area contributed by atoms with Gasteiger partial charge in [-0.2, -0.15) is 0 Å². The van der Waals surface area contributed by atoms with Crippen LogP contribution in [0.4, 0.5) is 14.9 Å². The highest BCUT2D eigenvalue weighted by Crippen LogP contribution is 2.22. The highest BCUT2D eigenvalue weighted by atomic mass is 35.5. The number of nitrogens with one attached hydrogen (secondary N) is 2. The molecule has 0 aromatic heterocycles. The van der Waals surface area contributed by atoms with Crippen LogP contribution in [0.1, 0.15) is 11.1 Å². The van der Waals surface area contributed by atoms with E-state index in [1.807, 2.05) is 6.07 Å². The lowest BCUT2D eigenvalue weighted by molar-refractivity contribution is 0.252. The van der Waals surface area contributed by atoms with Crippen molar-refractivity contribution < 1.29 is 9.18 Å². The van der Waals surface area contributed by atoms with Crippen molar-refractivity contribution in [2.75, 3.05) is 11.9 Å². The minimum absolute atomic E-state index is 0.381. The van der Waals surface area contributed by atoms with Gasteiger partial charge in [-0.15, -0.1) is 0 Å². The maximum Gasteiger partial charge on any atom is 0.319 e. The molecular formula is C16H15Cl2FN2O. The number of amides is 2. The third-order valence-electron chi connectivity index (χ3n) is 3.13. The van der Waals surface area contributed by atoms with Crippen molar-refractivity contribution in [3.63, 3.8) is 0 Å². The van der Waals surface area contributed by atoms with Crippen LogP contribution in [-0.4, -0.2) is 12.6 Å². The molecule has 0 saturated carbocycles. The Morgan fingerprint density at radius 2 is 1.91 bits per heavy atom. The number of aryl methyl sites for hydroxylation is 1. The zero-order chi connectivity index (χ0) is 16.1. The number of rotatable bonds is 4. The normalized spacial score (nSPS) is 10.4. The molecule has 0 fully saturated rings. The average Bonchev–Trinajstić information content (AvgIpc) is 2.47. The molecule has 0 unspecified atom stereocenters. The van der Waals surface area contributed by atoms with Crippen molar-refractivity contribution >= 4 is 34.9 Å². The summed E-state index contributed by atoms with van der Waals surface area (Å²) in [6.45, 7) is 2.23. The van der Waals surface area contributed by atoms with Gasteiger partial charge in [0, 0.05) is 12.2 Å². The number of carbonyl (C=O) groups is 1. The number of anilines is 1. The second-order valence-corrected chi connectivity index (χ2v) is 5.65. The minimum atomic E-state index is -0.392. The molecule has 0 aliphatic rings. The summed E-state index contributed by atoms with van der Waals surface area (Å²) in [5, 5.41) is 6.32. The highest BCUT2D eigenvalue weighted by Gasteiger charge is 2.06. The topological polar surface area (TPSA) is 41.1 Å². The van der Waals surface area contributed by atoms with E-state index in [1.165, 1.54) is 12.1 Å². The predicted molar refractivity (Wildman–Crippen MR) is 88.3 cm³/mol. The van der Waals surface area contributed by atoms with E-state index in [-0.39, 0.29) is 6.03 Å². The van der Waals surface area contributed by atoms with Crippen LogP contribution < -0.4 is 10.6 Å².